The van der Waals surface area contributed by atoms with Crippen molar-refractivity contribution in [2.24, 2.45) is 29.1 Å². The smallest absolute Gasteiger partial charge is 0.155 e. The molecule has 120 valence electrons. The van der Waals surface area contributed by atoms with Crippen LogP contribution in [0, 0.1) is 29.1 Å². The van der Waals surface area contributed by atoms with Gasteiger partial charge in [-0.2, -0.15) is 0 Å². The van der Waals surface area contributed by atoms with Gasteiger partial charge in [-0.05, 0) is 67.4 Å². The third-order valence-electron chi connectivity index (χ3n) is 7.50. The minimum atomic E-state index is -0.780. The fraction of sp³-hybridized carbons (Fsp3) is 0.789. The van der Waals surface area contributed by atoms with Crippen LogP contribution in [0.15, 0.2) is 11.6 Å². The van der Waals surface area contributed by atoms with E-state index in [1.54, 1.807) is 6.08 Å². The molecular formula is C19H26O3. The Kier molecular flexibility index (Phi) is 3.01. The molecule has 4 unspecified atom stereocenters. The van der Waals surface area contributed by atoms with Crippen molar-refractivity contribution in [1.29, 1.82) is 0 Å². The zero-order valence-corrected chi connectivity index (χ0v) is 13.6. The average Bonchev–Trinajstić information content (AvgIpc) is 2.77. The fourth-order valence-corrected chi connectivity index (χ4v) is 6.33. The van der Waals surface area contributed by atoms with Gasteiger partial charge in [0.1, 0.15) is 5.78 Å². The van der Waals surface area contributed by atoms with Crippen LogP contribution in [0.25, 0.3) is 0 Å². The molecule has 3 nitrogen and oxygen atoms in total. The third kappa shape index (κ3) is 1.72. The first kappa shape index (κ1) is 14.6. The van der Waals surface area contributed by atoms with Crippen molar-refractivity contribution in [3.63, 3.8) is 0 Å². The van der Waals surface area contributed by atoms with E-state index >= 15 is 0 Å². The van der Waals surface area contributed by atoms with Crippen LogP contribution in [0.2, 0.25) is 0 Å². The van der Waals surface area contributed by atoms with E-state index in [0.717, 1.165) is 37.7 Å². The number of carbonyl (C=O) groups excluding carboxylic acids is 2. The molecule has 0 aliphatic heterocycles. The van der Waals surface area contributed by atoms with Crippen molar-refractivity contribution in [2.45, 2.75) is 64.4 Å². The van der Waals surface area contributed by atoms with Crippen LogP contribution in [0.5, 0.6) is 0 Å². The Labute approximate surface area is 132 Å². The lowest BCUT2D eigenvalue weighted by Crippen LogP contribution is -2.57. The summed E-state index contributed by atoms with van der Waals surface area (Å²) in [5, 5.41) is 11.4. The van der Waals surface area contributed by atoms with E-state index in [1.807, 2.05) is 0 Å². The van der Waals surface area contributed by atoms with E-state index in [9.17, 15) is 14.7 Å². The van der Waals surface area contributed by atoms with Gasteiger partial charge in [0, 0.05) is 18.3 Å². The van der Waals surface area contributed by atoms with E-state index in [-0.39, 0.29) is 17.1 Å². The highest BCUT2D eigenvalue weighted by Gasteiger charge is 2.61. The molecule has 4 rings (SSSR count). The van der Waals surface area contributed by atoms with Crippen molar-refractivity contribution in [2.75, 3.05) is 0 Å². The van der Waals surface area contributed by atoms with Gasteiger partial charge in [-0.1, -0.05) is 13.8 Å². The highest BCUT2D eigenvalue weighted by atomic mass is 16.3. The summed E-state index contributed by atoms with van der Waals surface area (Å²) in [5.41, 5.74) is 0.0423. The second-order valence-electron chi connectivity index (χ2n) is 8.45. The van der Waals surface area contributed by atoms with E-state index in [0.29, 0.717) is 36.4 Å². The largest absolute Gasteiger partial charge is 0.385 e. The van der Waals surface area contributed by atoms with Gasteiger partial charge >= 0.3 is 0 Å². The Hall–Kier alpha value is -0.960. The molecule has 0 amide bonds. The Balaban J connectivity index is 1.75. The maximum Gasteiger partial charge on any atom is 0.155 e. The molecular weight excluding hydrogens is 276 g/mol. The number of hydrogen-bond acceptors (Lipinski definition) is 3. The monoisotopic (exact) mass is 302 g/mol. The van der Waals surface area contributed by atoms with Gasteiger partial charge in [-0.3, -0.25) is 9.59 Å². The summed E-state index contributed by atoms with van der Waals surface area (Å²) < 4.78 is 0. The van der Waals surface area contributed by atoms with Crippen molar-refractivity contribution in [3.8, 4) is 0 Å². The summed E-state index contributed by atoms with van der Waals surface area (Å²) in [7, 11) is 0. The maximum absolute atomic E-state index is 12.4. The predicted octanol–water partition coefficient (Wildman–Crippen LogP) is 3.06. The first-order valence-electron chi connectivity index (χ1n) is 8.86. The lowest BCUT2D eigenvalue weighted by atomic mass is 9.48. The van der Waals surface area contributed by atoms with Crippen molar-refractivity contribution in [1.82, 2.24) is 0 Å². The van der Waals surface area contributed by atoms with E-state index < -0.39 is 5.60 Å². The molecule has 0 heterocycles. The second-order valence-corrected chi connectivity index (χ2v) is 8.45. The van der Waals surface area contributed by atoms with Crippen LogP contribution in [0.3, 0.4) is 0 Å². The third-order valence-corrected chi connectivity index (χ3v) is 7.50. The summed E-state index contributed by atoms with van der Waals surface area (Å²) in [6.45, 7) is 4.42. The zero-order valence-electron chi connectivity index (χ0n) is 13.6. The van der Waals surface area contributed by atoms with Crippen LogP contribution in [0.1, 0.15) is 58.8 Å². The number of carbonyl (C=O) groups is 2. The van der Waals surface area contributed by atoms with Crippen LogP contribution < -0.4 is 0 Å². The summed E-state index contributed by atoms with van der Waals surface area (Å²) in [4.78, 5) is 24.2. The lowest BCUT2D eigenvalue weighted by molar-refractivity contribution is -0.144. The number of aliphatic hydroxyl groups is 1. The van der Waals surface area contributed by atoms with Crippen LogP contribution in [-0.2, 0) is 9.59 Å². The maximum atomic E-state index is 12.4. The molecule has 0 radical (unpaired) electrons. The molecule has 0 aromatic heterocycles. The average molecular weight is 302 g/mol. The second kappa shape index (κ2) is 4.53. The van der Waals surface area contributed by atoms with Crippen molar-refractivity contribution < 1.29 is 14.7 Å². The van der Waals surface area contributed by atoms with E-state index in [1.165, 1.54) is 0 Å². The number of fused-ring (bicyclic) bond motifs is 5. The zero-order chi connectivity index (χ0) is 15.7. The van der Waals surface area contributed by atoms with Gasteiger partial charge in [0.15, 0.2) is 5.78 Å². The lowest BCUT2D eigenvalue weighted by Gasteiger charge is -2.57. The van der Waals surface area contributed by atoms with E-state index in [2.05, 4.69) is 13.8 Å². The van der Waals surface area contributed by atoms with Gasteiger partial charge in [0.2, 0.25) is 0 Å². The molecule has 4 aliphatic carbocycles. The standard InChI is InChI=1S/C19H26O3/c1-11-9-12-10-13(20)5-8-19(12,22)15-6-7-18(2)14(17(11)15)3-4-16(18)21/h10-11,14-15,17,22H,3-9H2,1-2H3/t11-,14?,15?,17?,18+,19?/m1/s1. The normalized spacial score (nSPS) is 51.0. The minimum absolute atomic E-state index is 0.155. The predicted molar refractivity (Wildman–Crippen MR) is 83.1 cm³/mol. The highest BCUT2D eigenvalue weighted by Crippen LogP contribution is 2.63. The first-order chi connectivity index (χ1) is 10.4. The Morgan fingerprint density at radius 3 is 2.68 bits per heavy atom. The number of Topliss-reactive ketones (excluding diaryl/α,β-unsaturated/α-hetero) is 1. The molecule has 0 bridgehead atoms. The van der Waals surface area contributed by atoms with Crippen LogP contribution in [0.4, 0.5) is 0 Å². The number of rotatable bonds is 0. The SMILES string of the molecule is C[C@@H]1CC2=CC(=O)CCC2(O)C2CC[C@]3(C)C(=O)CCC3C21. The van der Waals surface area contributed by atoms with Gasteiger partial charge in [-0.15, -0.1) is 0 Å². The summed E-state index contributed by atoms with van der Waals surface area (Å²) >= 11 is 0. The molecule has 1 N–H and O–H groups in total. The topological polar surface area (TPSA) is 54.4 Å². The summed E-state index contributed by atoms with van der Waals surface area (Å²) in [6.07, 6.45) is 7.16. The van der Waals surface area contributed by atoms with Crippen LogP contribution >= 0.6 is 0 Å². The summed E-state index contributed by atoms with van der Waals surface area (Å²) in [5.74, 6) is 2.16. The molecule has 0 saturated heterocycles. The quantitative estimate of drug-likeness (QED) is 0.748. The molecule has 0 aromatic rings. The van der Waals surface area contributed by atoms with Gasteiger partial charge in [0.25, 0.3) is 0 Å². The van der Waals surface area contributed by atoms with Crippen LogP contribution in [-0.4, -0.2) is 22.3 Å². The van der Waals surface area contributed by atoms with Gasteiger partial charge in [0.05, 0.1) is 5.60 Å². The minimum Gasteiger partial charge on any atom is -0.385 e. The molecule has 22 heavy (non-hydrogen) atoms. The van der Waals surface area contributed by atoms with Gasteiger partial charge in [-0.25, -0.2) is 0 Å². The number of hydrogen-bond donors (Lipinski definition) is 1. The Morgan fingerprint density at radius 1 is 1.14 bits per heavy atom. The fourth-order valence-electron chi connectivity index (χ4n) is 6.33. The molecule has 6 atom stereocenters. The first-order valence-corrected chi connectivity index (χ1v) is 8.86. The molecule has 3 saturated carbocycles. The molecule has 4 aliphatic rings. The summed E-state index contributed by atoms with van der Waals surface area (Å²) in [6, 6.07) is 0. The van der Waals surface area contributed by atoms with E-state index in [4.69, 9.17) is 0 Å². The Bertz CT molecular complexity index is 577. The Morgan fingerprint density at radius 2 is 1.91 bits per heavy atom. The van der Waals surface area contributed by atoms with Crippen molar-refractivity contribution >= 4 is 11.6 Å². The highest BCUT2D eigenvalue weighted by molar-refractivity contribution is 5.92. The molecule has 0 aromatic carbocycles. The number of ketones is 2. The molecule has 0 spiro atoms. The molecule has 3 heteroatoms. The molecule has 3 fully saturated rings. The van der Waals surface area contributed by atoms with Crippen molar-refractivity contribution in [3.05, 3.63) is 11.6 Å². The van der Waals surface area contributed by atoms with Gasteiger partial charge < -0.3 is 5.11 Å².